The van der Waals surface area contributed by atoms with E-state index in [0.717, 1.165) is 10.9 Å². The molecule has 0 aromatic carbocycles. The van der Waals surface area contributed by atoms with Gasteiger partial charge in [-0.05, 0) is 40.5 Å². The average molecular weight is 201 g/mol. The topological polar surface area (TPSA) is 38.9 Å². The first-order valence-electron chi connectivity index (χ1n) is 3.13. The largest absolute Gasteiger partial charge is 0.330 e. The zero-order chi connectivity index (χ0) is 7.40. The molecule has 0 spiro atoms. The summed E-state index contributed by atoms with van der Waals surface area (Å²) in [7, 11) is 0. The van der Waals surface area contributed by atoms with Crippen LogP contribution < -0.4 is 5.73 Å². The molecule has 10 heavy (non-hydrogen) atoms. The Hall–Kier alpha value is -0.410. The minimum absolute atomic E-state index is 0.683. The molecule has 1 heterocycles. The molecule has 0 atom stereocenters. The van der Waals surface area contributed by atoms with Gasteiger partial charge in [-0.1, -0.05) is 0 Å². The van der Waals surface area contributed by atoms with Gasteiger partial charge in [0.05, 0.1) is 0 Å². The van der Waals surface area contributed by atoms with Gasteiger partial charge in [0.2, 0.25) is 0 Å². The van der Waals surface area contributed by atoms with Crippen molar-refractivity contribution in [2.45, 2.75) is 6.42 Å². The van der Waals surface area contributed by atoms with Crippen molar-refractivity contribution in [1.29, 1.82) is 0 Å². The van der Waals surface area contributed by atoms with Crippen LogP contribution >= 0.6 is 15.9 Å². The Morgan fingerprint density at radius 3 is 3.00 bits per heavy atom. The first-order chi connectivity index (χ1) is 4.84. The lowest BCUT2D eigenvalue weighted by Gasteiger charge is -1.98. The Labute approximate surface area is 68.6 Å². The van der Waals surface area contributed by atoms with Gasteiger partial charge in [-0.3, -0.25) is 4.98 Å². The number of aromatic nitrogens is 1. The lowest BCUT2D eigenvalue weighted by atomic mass is 10.2. The second-order valence-electron chi connectivity index (χ2n) is 2.01. The zero-order valence-corrected chi connectivity index (χ0v) is 7.13. The molecule has 1 aromatic heterocycles. The number of nitrogens with zero attached hydrogens (tertiary/aromatic N) is 1. The van der Waals surface area contributed by atoms with Crippen molar-refractivity contribution in [2.24, 2.45) is 5.73 Å². The second-order valence-corrected chi connectivity index (χ2v) is 2.86. The summed E-state index contributed by atoms with van der Waals surface area (Å²) < 4.78 is 1.04. The fraction of sp³-hybridized carbons (Fsp3) is 0.286. The maximum Gasteiger partial charge on any atom is 0.0412 e. The molecule has 0 amide bonds. The monoisotopic (exact) mass is 200 g/mol. The van der Waals surface area contributed by atoms with Crippen LogP contribution in [0.4, 0.5) is 0 Å². The maximum absolute atomic E-state index is 5.39. The molecule has 1 aromatic rings. The lowest BCUT2D eigenvalue weighted by molar-refractivity contribution is 0.957. The van der Waals surface area contributed by atoms with E-state index in [1.807, 2.05) is 6.07 Å². The zero-order valence-electron chi connectivity index (χ0n) is 5.55. The number of rotatable bonds is 2. The van der Waals surface area contributed by atoms with E-state index in [2.05, 4.69) is 20.9 Å². The highest BCUT2D eigenvalue weighted by Crippen LogP contribution is 2.13. The quantitative estimate of drug-likeness (QED) is 0.784. The third-order valence-electron chi connectivity index (χ3n) is 1.27. The Balaban J connectivity index is 2.81. The van der Waals surface area contributed by atoms with Crippen molar-refractivity contribution < 1.29 is 0 Å². The fourth-order valence-corrected chi connectivity index (χ4v) is 1.21. The Morgan fingerprint density at radius 1 is 1.60 bits per heavy atom. The van der Waals surface area contributed by atoms with Crippen molar-refractivity contribution in [3.05, 3.63) is 28.5 Å². The van der Waals surface area contributed by atoms with Crippen LogP contribution in [0.1, 0.15) is 5.56 Å². The van der Waals surface area contributed by atoms with E-state index >= 15 is 0 Å². The summed E-state index contributed by atoms with van der Waals surface area (Å²) in [4.78, 5) is 3.94. The highest BCUT2D eigenvalue weighted by atomic mass is 79.9. The van der Waals surface area contributed by atoms with Gasteiger partial charge < -0.3 is 5.73 Å². The highest BCUT2D eigenvalue weighted by molar-refractivity contribution is 9.10. The van der Waals surface area contributed by atoms with Crippen molar-refractivity contribution >= 4 is 15.9 Å². The van der Waals surface area contributed by atoms with Gasteiger partial charge >= 0.3 is 0 Å². The van der Waals surface area contributed by atoms with E-state index in [9.17, 15) is 0 Å². The van der Waals surface area contributed by atoms with Crippen LogP contribution in [-0.2, 0) is 6.42 Å². The molecule has 3 heteroatoms. The summed E-state index contributed by atoms with van der Waals surface area (Å²) in [6.45, 7) is 0.683. The summed E-state index contributed by atoms with van der Waals surface area (Å²) in [6, 6.07) is 1.97. The molecule has 0 unspecified atom stereocenters. The van der Waals surface area contributed by atoms with E-state index in [4.69, 9.17) is 5.73 Å². The van der Waals surface area contributed by atoms with Gasteiger partial charge in [0.1, 0.15) is 0 Å². The normalized spacial score (nSPS) is 9.80. The van der Waals surface area contributed by atoms with Gasteiger partial charge in [-0.15, -0.1) is 0 Å². The third-order valence-corrected chi connectivity index (χ3v) is 1.98. The van der Waals surface area contributed by atoms with Crippen molar-refractivity contribution in [2.75, 3.05) is 6.54 Å². The summed E-state index contributed by atoms with van der Waals surface area (Å²) >= 11 is 3.38. The SMILES string of the molecule is NCCc1ccncc1Br. The predicted molar refractivity (Wildman–Crippen MR) is 44.7 cm³/mol. The molecule has 0 fully saturated rings. The molecule has 0 saturated carbocycles. The van der Waals surface area contributed by atoms with Crippen LogP contribution in [-0.4, -0.2) is 11.5 Å². The van der Waals surface area contributed by atoms with E-state index < -0.39 is 0 Å². The summed E-state index contributed by atoms with van der Waals surface area (Å²) in [5, 5.41) is 0. The number of hydrogen-bond acceptors (Lipinski definition) is 2. The summed E-state index contributed by atoms with van der Waals surface area (Å²) in [5.74, 6) is 0. The molecule has 0 aliphatic carbocycles. The van der Waals surface area contributed by atoms with E-state index in [0.29, 0.717) is 6.54 Å². The predicted octanol–water partition coefficient (Wildman–Crippen LogP) is 1.35. The van der Waals surface area contributed by atoms with E-state index in [1.54, 1.807) is 12.4 Å². The molecule has 1 rings (SSSR count). The lowest BCUT2D eigenvalue weighted by Crippen LogP contribution is -2.03. The van der Waals surface area contributed by atoms with Crippen molar-refractivity contribution in [3.8, 4) is 0 Å². The van der Waals surface area contributed by atoms with E-state index in [-0.39, 0.29) is 0 Å². The number of nitrogens with two attached hydrogens (primary N) is 1. The van der Waals surface area contributed by atoms with Crippen LogP contribution in [0.5, 0.6) is 0 Å². The van der Waals surface area contributed by atoms with Crippen LogP contribution in [0.3, 0.4) is 0 Å². The first kappa shape index (κ1) is 7.69. The van der Waals surface area contributed by atoms with Gasteiger partial charge in [-0.2, -0.15) is 0 Å². The number of halogens is 1. The van der Waals surface area contributed by atoms with Gasteiger partial charge in [-0.25, -0.2) is 0 Å². The van der Waals surface area contributed by atoms with Crippen molar-refractivity contribution in [3.63, 3.8) is 0 Å². The molecule has 54 valence electrons. The summed E-state index contributed by atoms with van der Waals surface area (Å²) in [6.07, 6.45) is 4.46. The van der Waals surface area contributed by atoms with Gasteiger partial charge in [0.25, 0.3) is 0 Å². The summed E-state index contributed by atoms with van der Waals surface area (Å²) in [5.41, 5.74) is 6.61. The highest BCUT2D eigenvalue weighted by Gasteiger charge is 1.95. The average Bonchev–Trinajstić information content (AvgIpc) is 1.94. The van der Waals surface area contributed by atoms with Gasteiger partial charge in [0, 0.05) is 16.9 Å². The molecular weight excluding hydrogens is 192 g/mol. The Bertz CT molecular complexity index is 213. The maximum atomic E-state index is 5.39. The smallest absolute Gasteiger partial charge is 0.0412 e. The second kappa shape index (κ2) is 3.68. The number of pyridine rings is 1. The first-order valence-corrected chi connectivity index (χ1v) is 3.92. The Morgan fingerprint density at radius 2 is 2.40 bits per heavy atom. The molecule has 0 aliphatic rings. The minimum Gasteiger partial charge on any atom is -0.330 e. The van der Waals surface area contributed by atoms with Crippen LogP contribution in [0.15, 0.2) is 22.9 Å². The number of hydrogen-bond donors (Lipinski definition) is 1. The van der Waals surface area contributed by atoms with Gasteiger partial charge in [0.15, 0.2) is 0 Å². The third kappa shape index (κ3) is 1.78. The molecular formula is C7H9BrN2. The molecule has 0 radical (unpaired) electrons. The molecule has 0 bridgehead atoms. The van der Waals surface area contributed by atoms with Crippen LogP contribution in [0.25, 0.3) is 0 Å². The minimum atomic E-state index is 0.683. The molecule has 0 aliphatic heterocycles. The van der Waals surface area contributed by atoms with Crippen molar-refractivity contribution in [1.82, 2.24) is 4.98 Å². The Kier molecular flexibility index (Phi) is 2.83. The van der Waals surface area contributed by atoms with Crippen LogP contribution in [0.2, 0.25) is 0 Å². The van der Waals surface area contributed by atoms with E-state index in [1.165, 1.54) is 5.56 Å². The molecule has 2 nitrogen and oxygen atoms in total. The standard InChI is InChI=1S/C7H9BrN2/c8-7-5-10-4-2-6(7)1-3-9/h2,4-5H,1,3,9H2. The van der Waals surface area contributed by atoms with Crippen LogP contribution in [0, 0.1) is 0 Å². The fourth-order valence-electron chi connectivity index (χ4n) is 0.762. The molecule has 2 N–H and O–H groups in total. The molecule has 0 saturated heterocycles.